The molecular weight excluding hydrogens is 524 g/mol. The molecule has 1 aliphatic heterocycles. The molecule has 200 valence electrons. The number of anilines is 2. The van der Waals surface area contributed by atoms with Crippen LogP contribution in [0, 0.1) is 18.6 Å². The number of hydrogen-bond acceptors (Lipinski definition) is 6. The van der Waals surface area contributed by atoms with Crippen LogP contribution in [0.4, 0.5) is 20.2 Å². The number of aliphatic hydroxyl groups excluding tert-OH is 2. The van der Waals surface area contributed by atoms with Crippen LogP contribution in [0.5, 0.6) is 5.75 Å². The number of aromatic nitrogens is 1. The van der Waals surface area contributed by atoms with Gasteiger partial charge >= 0.3 is 0 Å². The van der Waals surface area contributed by atoms with Crippen LogP contribution in [-0.2, 0) is 16.2 Å². The van der Waals surface area contributed by atoms with Crippen molar-refractivity contribution in [2.45, 2.75) is 26.4 Å². The van der Waals surface area contributed by atoms with Crippen LogP contribution in [0.1, 0.15) is 24.1 Å². The second-order valence-electron chi connectivity index (χ2n) is 8.53. The smallest absolute Gasteiger partial charge is 0.277 e. The summed E-state index contributed by atoms with van der Waals surface area (Å²) in [5.41, 5.74) is 0.964. The van der Waals surface area contributed by atoms with Crippen LogP contribution in [0.25, 0.3) is 5.69 Å². The monoisotopic (exact) mass is 547 g/mol. The summed E-state index contributed by atoms with van der Waals surface area (Å²) in [4.78, 5) is 41.1. The predicted octanol–water partition coefficient (Wildman–Crippen LogP) is 3.06. The van der Waals surface area contributed by atoms with Crippen LogP contribution < -0.4 is 20.1 Å². The number of aliphatic hydroxyl groups is 2. The molecule has 12 heteroatoms. The minimum Gasteiger partial charge on any atom is -0.487 e. The normalized spacial score (nSPS) is 12.6. The molecule has 2 N–H and O–H groups in total. The van der Waals surface area contributed by atoms with Crippen LogP contribution in [0.2, 0.25) is 5.02 Å². The molecule has 1 aliphatic rings. The van der Waals surface area contributed by atoms with E-state index in [0.717, 1.165) is 12.1 Å². The lowest BCUT2D eigenvalue weighted by Crippen LogP contribution is -2.39. The number of pyridine rings is 1. The van der Waals surface area contributed by atoms with Crippen LogP contribution >= 0.6 is 11.6 Å². The molecule has 38 heavy (non-hydrogen) atoms. The Morgan fingerprint density at radius 2 is 1.63 bits per heavy atom. The molecule has 1 aromatic heterocycles. The molecule has 0 saturated carbocycles. The van der Waals surface area contributed by atoms with E-state index >= 15 is 0 Å². The molecular formula is C26H24ClF2N3O6. The fourth-order valence-electron chi connectivity index (χ4n) is 4.18. The number of benzene rings is 2. The summed E-state index contributed by atoms with van der Waals surface area (Å²) in [5.74, 6) is -2.33. The molecule has 0 spiro atoms. The number of carbonyl (C=O) groups excluding carboxylic acids is 2. The molecule has 2 amide bonds. The molecule has 9 nitrogen and oxygen atoms in total. The molecule has 0 atom stereocenters. The van der Waals surface area contributed by atoms with Gasteiger partial charge in [-0.3, -0.25) is 28.8 Å². The first-order chi connectivity index (χ1) is 18.2. The van der Waals surface area contributed by atoms with Crippen molar-refractivity contribution in [1.29, 1.82) is 0 Å². The maximum atomic E-state index is 14.0. The Morgan fingerprint density at radius 1 is 0.974 bits per heavy atom. The van der Waals surface area contributed by atoms with E-state index in [1.165, 1.54) is 26.5 Å². The van der Waals surface area contributed by atoms with Gasteiger partial charge in [-0.25, -0.2) is 8.78 Å². The molecule has 0 aliphatic carbocycles. The van der Waals surface area contributed by atoms with E-state index in [2.05, 4.69) is 0 Å². The van der Waals surface area contributed by atoms with Crippen molar-refractivity contribution in [3.05, 3.63) is 80.7 Å². The molecule has 2 aromatic carbocycles. The number of rotatable bonds is 8. The summed E-state index contributed by atoms with van der Waals surface area (Å²) in [6.07, 6.45) is -0.308. The van der Waals surface area contributed by atoms with E-state index < -0.39 is 29.0 Å². The minimum atomic E-state index is -0.795. The fourth-order valence-corrected chi connectivity index (χ4v) is 4.37. The highest BCUT2D eigenvalue weighted by Crippen LogP contribution is 2.38. The van der Waals surface area contributed by atoms with Gasteiger partial charge in [-0.2, -0.15) is 0 Å². The van der Waals surface area contributed by atoms with E-state index in [-0.39, 0.29) is 55.7 Å². The number of aryl methyl sites for hydroxylation is 1. The number of carbonyl (C=O) groups is 2. The minimum absolute atomic E-state index is 0.0100. The van der Waals surface area contributed by atoms with Gasteiger partial charge in [0.05, 0.1) is 43.1 Å². The summed E-state index contributed by atoms with van der Waals surface area (Å²) < 4.78 is 34.0. The third kappa shape index (κ3) is 5.26. The van der Waals surface area contributed by atoms with Gasteiger partial charge in [0.2, 0.25) is 11.8 Å². The average Bonchev–Trinajstić information content (AvgIpc) is 3.26. The summed E-state index contributed by atoms with van der Waals surface area (Å²) in [7, 11) is 0. The van der Waals surface area contributed by atoms with E-state index in [4.69, 9.17) is 16.3 Å². The Balaban J connectivity index is 1.70. The maximum absolute atomic E-state index is 14.0. The van der Waals surface area contributed by atoms with Gasteiger partial charge in [-0.1, -0.05) is 11.6 Å². The Labute approximate surface area is 221 Å². The number of hydrogen-bond donors (Lipinski definition) is 2. The molecule has 0 unspecified atom stereocenters. The fraction of sp³-hybridized carbons (Fsp3) is 0.269. The number of ether oxygens (including phenoxy) is 1. The first-order valence-corrected chi connectivity index (χ1v) is 12.0. The topological polar surface area (TPSA) is 112 Å². The highest BCUT2D eigenvalue weighted by atomic mass is 35.5. The van der Waals surface area contributed by atoms with Crippen LogP contribution in [-0.4, -0.2) is 46.5 Å². The second-order valence-corrected chi connectivity index (χ2v) is 8.91. The van der Waals surface area contributed by atoms with Crippen molar-refractivity contribution in [3.8, 4) is 11.4 Å². The summed E-state index contributed by atoms with van der Waals surface area (Å²) in [6.45, 7) is 0.502. The zero-order valence-electron chi connectivity index (χ0n) is 20.3. The van der Waals surface area contributed by atoms with Gasteiger partial charge in [0.15, 0.2) is 0 Å². The average molecular weight is 548 g/mol. The predicted molar refractivity (Wildman–Crippen MR) is 136 cm³/mol. The number of halogens is 3. The summed E-state index contributed by atoms with van der Waals surface area (Å²) in [5, 5.41) is 18.1. The zero-order chi connectivity index (χ0) is 27.6. The molecule has 2 heterocycles. The standard InChI is InChI=1S/C26H24ClF2N3O6/c1-15-10-22(38-13-16-2-3-17(28)11-19(16)29)25(27)26(37)32(15)18-4-5-20-21(12-18)31(24(36)7-9-34)14-30(20)23(35)6-8-33/h2-5,10-12,33-34H,6-9,13-14H2,1H3. The number of nitrogens with zero attached hydrogens (tertiary/aromatic N) is 3. The first kappa shape index (κ1) is 27.2. The lowest BCUT2D eigenvalue weighted by atomic mass is 10.2. The van der Waals surface area contributed by atoms with Gasteiger partial charge in [0.25, 0.3) is 5.56 Å². The summed E-state index contributed by atoms with van der Waals surface area (Å²) in [6, 6.07) is 9.25. The van der Waals surface area contributed by atoms with Gasteiger partial charge in [-0.15, -0.1) is 0 Å². The quantitative estimate of drug-likeness (QED) is 0.448. The Morgan fingerprint density at radius 3 is 2.26 bits per heavy atom. The second kappa shape index (κ2) is 11.3. The van der Waals surface area contributed by atoms with Crippen molar-refractivity contribution in [3.63, 3.8) is 0 Å². The van der Waals surface area contributed by atoms with Gasteiger partial charge < -0.3 is 14.9 Å². The maximum Gasteiger partial charge on any atom is 0.277 e. The molecule has 0 bridgehead atoms. The highest BCUT2D eigenvalue weighted by molar-refractivity contribution is 6.31. The number of fused-ring (bicyclic) bond motifs is 1. The zero-order valence-corrected chi connectivity index (χ0v) is 21.0. The van der Waals surface area contributed by atoms with E-state index in [0.29, 0.717) is 22.8 Å². The largest absolute Gasteiger partial charge is 0.487 e. The molecule has 4 rings (SSSR count). The Bertz CT molecular complexity index is 1460. The van der Waals surface area contributed by atoms with E-state index in [1.807, 2.05) is 0 Å². The van der Waals surface area contributed by atoms with Crippen molar-refractivity contribution in [2.75, 3.05) is 29.7 Å². The Hall–Kier alpha value is -3.80. The summed E-state index contributed by atoms with van der Waals surface area (Å²) >= 11 is 6.31. The highest BCUT2D eigenvalue weighted by Gasteiger charge is 2.33. The van der Waals surface area contributed by atoms with E-state index in [9.17, 15) is 33.4 Å². The van der Waals surface area contributed by atoms with Crippen molar-refractivity contribution < 1.29 is 33.3 Å². The van der Waals surface area contributed by atoms with Gasteiger partial charge in [0, 0.05) is 23.4 Å². The van der Waals surface area contributed by atoms with Crippen molar-refractivity contribution in [2.24, 2.45) is 0 Å². The van der Waals surface area contributed by atoms with Crippen molar-refractivity contribution >= 4 is 34.8 Å². The first-order valence-electron chi connectivity index (χ1n) is 11.6. The van der Waals surface area contributed by atoms with Crippen LogP contribution in [0.3, 0.4) is 0 Å². The molecule has 0 saturated heterocycles. The third-order valence-electron chi connectivity index (χ3n) is 6.03. The third-order valence-corrected chi connectivity index (χ3v) is 6.38. The van der Waals surface area contributed by atoms with Gasteiger partial charge in [0.1, 0.15) is 35.7 Å². The van der Waals surface area contributed by atoms with Gasteiger partial charge in [-0.05, 0) is 37.3 Å². The molecule has 0 radical (unpaired) electrons. The SMILES string of the molecule is Cc1cc(OCc2ccc(F)cc2F)c(Cl)c(=O)n1-c1ccc2c(c1)N(C(=O)CCO)CN2C(=O)CCO. The lowest BCUT2D eigenvalue weighted by Gasteiger charge is -2.18. The molecule has 3 aromatic rings. The Kier molecular flexibility index (Phi) is 8.10. The molecule has 0 fully saturated rings. The van der Waals surface area contributed by atoms with Crippen LogP contribution in [0.15, 0.2) is 47.3 Å². The lowest BCUT2D eigenvalue weighted by molar-refractivity contribution is -0.119. The number of amides is 2. The van der Waals surface area contributed by atoms with E-state index in [1.54, 1.807) is 25.1 Å². The van der Waals surface area contributed by atoms with Crippen molar-refractivity contribution in [1.82, 2.24) is 4.57 Å².